The average Bonchev–Trinajstić information content (AvgIpc) is 3.33. The number of alkyl halides is 6. The molecule has 3 aromatic rings. The molecule has 9 nitrogen and oxygen atoms in total. The van der Waals surface area contributed by atoms with Crippen LogP contribution in [0.5, 0.6) is 0 Å². The molecule has 0 aliphatic rings. The van der Waals surface area contributed by atoms with Gasteiger partial charge in [0.1, 0.15) is 16.9 Å². The quantitative estimate of drug-likeness (QED) is 0.210. The van der Waals surface area contributed by atoms with Crippen molar-refractivity contribution in [1.29, 1.82) is 0 Å². The monoisotopic (exact) mass is 588 g/mol. The standard InChI is InChI=1S/C26H26F6N4O5/c1-5-6-12-24(26(30,31)32,39-14-15-10-8-7-9-11-15)21-36-35-20(40-21)18-17(33-22(38)41-23(2,3)4)13-16(19(37)34-18)25(27,28)29/h5,7-11,13H,1,6,12,14H2,2-4H3,(H,33,38)(H,34,37)/t24-/m1/s1. The summed E-state index contributed by atoms with van der Waals surface area (Å²) in [6, 6.07) is 8.22. The van der Waals surface area contributed by atoms with Crippen LogP contribution in [0.25, 0.3) is 11.6 Å². The first-order valence-electron chi connectivity index (χ1n) is 12.0. The number of allylic oxidation sites excluding steroid dienone is 1. The molecule has 1 atom stereocenters. The number of benzene rings is 1. The van der Waals surface area contributed by atoms with Gasteiger partial charge in [-0.15, -0.1) is 16.8 Å². The lowest BCUT2D eigenvalue weighted by Crippen LogP contribution is -2.45. The first-order chi connectivity index (χ1) is 19.0. The van der Waals surface area contributed by atoms with Gasteiger partial charge in [0, 0.05) is 0 Å². The van der Waals surface area contributed by atoms with Crippen molar-refractivity contribution >= 4 is 11.8 Å². The van der Waals surface area contributed by atoms with Gasteiger partial charge in [-0.25, -0.2) is 4.79 Å². The van der Waals surface area contributed by atoms with E-state index in [2.05, 4.69) is 16.8 Å². The molecule has 1 aromatic carbocycles. The highest BCUT2D eigenvalue weighted by atomic mass is 19.4. The fourth-order valence-corrected chi connectivity index (χ4v) is 3.58. The third-order valence-electron chi connectivity index (χ3n) is 5.45. The summed E-state index contributed by atoms with van der Waals surface area (Å²) in [4.78, 5) is 26.5. The zero-order chi connectivity index (χ0) is 30.6. The van der Waals surface area contributed by atoms with Crippen molar-refractivity contribution in [3.63, 3.8) is 0 Å². The molecule has 222 valence electrons. The third kappa shape index (κ3) is 7.54. The molecule has 0 aliphatic carbocycles. The van der Waals surface area contributed by atoms with E-state index in [0.717, 1.165) is 0 Å². The van der Waals surface area contributed by atoms with Crippen LogP contribution in [-0.2, 0) is 27.9 Å². The highest BCUT2D eigenvalue weighted by molar-refractivity contribution is 5.89. The fourth-order valence-electron chi connectivity index (χ4n) is 3.58. The second-order valence-corrected chi connectivity index (χ2v) is 9.76. The Kier molecular flexibility index (Phi) is 9.01. The summed E-state index contributed by atoms with van der Waals surface area (Å²) in [6.07, 6.45) is -11.2. The normalized spacial score (nSPS) is 13.9. The summed E-state index contributed by atoms with van der Waals surface area (Å²) in [5, 5.41) is 9.07. The van der Waals surface area contributed by atoms with Crippen LogP contribution in [0.1, 0.15) is 50.6 Å². The van der Waals surface area contributed by atoms with Crippen LogP contribution in [0.3, 0.4) is 0 Å². The largest absolute Gasteiger partial charge is 0.444 e. The SMILES string of the molecule is C=CCC[C@@](OCc1ccccc1)(c1nnc(-c2[nH]c(=O)c(C(F)(F)F)cc2NC(=O)OC(C)(C)C)o1)C(F)(F)F. The molecular weight excluding hydrogens is 562 g/mol. The summed E-state index contributed by atoms with van der Waals surface area (Å²) in [7, 11) is 0. The average molecular weight is 589 g/mol. The molecule has 1 amide bonds. The van der Waals surface area contributed by atoms with Crippen molar-refractivity contribution < 1.29 is 45.0 Å². The highest BCUT2D eigenvalue weighted by Crippen LogP contribution is 2.46. The maximum absolute atomic E-state index is 14.6. The number of nitrogens with one attached hydrogen (secondary N) is 2. The molecule has 2 N–H and O–H groups in total. The minimum absolute atomic E-state index is 0.200. The molecule has 0 fully saturated rings. The fraction of sp³-hybridized carbons (Fsp3) is 0.385. The third-order valence-corrected chi connectivity index (χ3v) is 5.45. The van der Waals surface area contributed by atoms with Crippen molar-refractivity contribution in [2.24, 2.45) is 0 Å². The van der Waals surface area contributed by atoms with Gasteiger partial charge < -0.3 is 18.9 Å². The van der Waals surface area contributed by atoms with E-state index in [1.807, 2.05) is 10.3 Å². The number of carbonyl (C=O) groups is 1. The predicted octanol–water partition coefficient (Wildman–Crippen LogP) is 6.73. The number of rotatable bonds is 9. The zero-order valence-corrected chi connectivity index (χ0v) is 22.1. The van der Waals surface area contributed by atoms with E-state index in [1.54, 1.807) is 18.2 Å². The lowest BCUT2D eigenvalue weighted by Gasteiger charge is -2.32. The number of H-pyrrole nitrogens is 1. The number of hydrogen-bond donors (Lipinski definition) is 2. The molecule has 0 spiro atoms. The van der Waals surface area contributed by atoms with Gasteiger partial charge in [-0.3, -0.25) is 10.1 Å². The number of halogens is 6. The Bertz CT molecular complexity index is 1430. The maximum Gasteiger partial charge on any atom is 0.426 e. The molecule has 0 radical (unpaired) electrons. The minimum atomic E-state index is -5.14. The van der Waals surface area contributed by atoms with E-state index < -0.39 is 77.0 Å². The van der Waals surface area contributed by atoms with E-state index in [-0.39, 0.29) is 12.5 Å². The first kappa shape index (κ1) is 31.4. The van der Waals surface area contributed by atoms with E-state index >= 15 is 0 Å². The topological polar surface area (TPSA) is 119 Å². The first-order valence-corrected chi connectivity index (χ1v) is 12.0. The Morgan fingerprint density at radius 1 is 1.10 bits per heavy atom. The van der Waals surface area contributed by atoms with Crippen LogP contribution in [0, 0.1) is 0 Å². The number of anilines is 1. The summed E-state index contributed by atoms with van der Waals surface area (Å²) in [6.45, 7) is 7.39. The van der Waals surface area contributed by atoms with Crippen LogP contribution in [0.4, 0.5) is 36.8 Å². The summed E-state index contributed by atoms with van der Waals surface area (Å²) >= 11 is 0. The number of carbonyl (C=O) groups excluding carboxylic acids is 1. The van der Waals surface area contributed by atoms with E-state index in [1.165, 1.54) is 39.0 Å². The Hall–Kier alpha value is -4.14. The van der Waals surface area contributed by atoms with Crippen molar-refractivity contribution in [3.05, 3.63) is 76.4 Å². The molecule has 3 rings (SSSR count). The van der Waals surface area contributed by atoms with Crippen molar-refractivity contribution in [3.8, 4) is 11.6 Å². The molecule has 2 heterocycles. The minimum Gasteiger partial charge on any atom is -0.444 e. The van der Waals surface area contributed by atoms with Crippen LogP contribution in [-0.4, -0.2) is 33.1 Å². The van der Waals surface area contributed by atoms with E-state index in [9.17, 15) is 35.9 Å². The molecule has 0 bridgehead atoms. The van der Waals surface area contributed by atoms with Gasteiger partial charge in [0.2, 0.25) is 5.60 Å². The van der Waals surface area contributed by atoms with Gasteiger partial charge in [0.25, 0.3) is 17.3 Å². The summed E-state index contributed by atoms with van der Waals surface area (Å²) in [5.41, 5.74) is -8.59. The molecule has 0 aliphatic heterocycles. The van der Waals surface area contributed by atoms with Gasteiger partial charge >= 0.3 is 18.4 Å². The molecule has 0 unspecified atom stereocenters. The van der Waals surface area contributed by atoms with Crippen LogP contribution >= 0.6 is 0 Å². The van der Waals surface area contributed by atoms with Crippen LogP contribution in [0.2, 0.25) is 0 Å². The smallest absolute Gasteiger partial charge is 0.426 e. The zero-order valence-electron chi connectivity index (χ0n) is 22.1. The molecule has 0 saturated carbocycles. The van der Waals surface area contributed by atoms with Crippen molar-refractivity contribution in [1.82, 2.24) is 15.2 Å². The van der Waals surface area contributed by atoms with Crippen molar-refractivity contribution in [2.45, 2.75) is 63.8 Å². The number of hydrogen-bond acceptors (Lipinski definition) is 7. The second kappa shape index (κ2) is 11.8. The van der Waals surface area contributed by atoms with Crippen LogP contribution < -0.4 is 10.9 Å². The second-order valence-electron chi connectivity index (χ2n) is 9.76. The predicted molar refractivity (Wildman–Crippen MR) is 134 cm³/mol. The number of ether oxygens (including phenoxy) is 2. The van der Waals surface area contributed by atoms with Crippen LogP contribution in [0.15, 0.2) is 58.3 Å². The Morgan fingerprint density at radius 2 is 1.76 bits per heavy atom. The van der Waals surface area contributed by atoms with Gasteiger partial charge in [-0.2, -0.15) is 26.3 Å². The van der Waals surface area contributed by atoms with Crippen molar-refractivity contribution in [2.75, 3.05) is 5.32 Å². The number of aromatic nitrogens is 3. The lowest BCUT2D eigenvalue weighted by atomic mass is 9.96. The molecule has 41 heavy (non-hydrogen) atoms. The lowest BCUT2D eigenvalue weighted by molar-refractivity contribution is -0.299. The number of amides is 1. The number of aromatic amines is 1. The van der Waals surface area contributed by atoms with E-state index in [4.69, 9.17) is 13.9 Å². The van der Waals surface area contributed by atoms with Gasteiger partial charge in [-0.05, 0) is 45.2 Å². The molecule has 15 heteroatoms. The number of nitrogens with zero attached hydrogens (tertiary/aromatic N) is 2. The molecular formula is C26H26F6N4O5. The van der Waals surface area contributed by atoms with Gasteiger partial charge in [-0.1, -0.05) is 36.4 Å². The Morgan fingerprint density at radius 3 is 2.32 bits per heavy atom. The summed E-state index contributed by atoms with van der Waals surface area (Å²) < 4.78 is 99.9. The molecule has 0 saturated heterocycles. The highest BCUT2D eigenvalue weighted by Gasteiger charge is 2.61. The Balaban J connectivity index is 2.14. The van der Waals surface area contributed by atoms with E-state index in [0.29, 0.717) is 5.56 Å². The van der Waals surface area contributed by atoms with Gasteiger partial charge in [0.05, 0.1) is 12.3 Å². The molecule has 2 aromatic heterocycles. The Labute approximate surface area is 229 Å². The maximum atomic E-state index is 14.6. The number of pyridine rings is 1. The summed E-state index contributed by atoms with van der Waals surface area (Å²) in [5.74, 6) is -1.91. The van der Waals surface area contributed by atoms with Gasteiger partial charge in [0.15, 0.2) is 0 Å².